The summed E-state index contributed by atoms with van der Waals surface area (Å²) in [4.78, 5) is 41.4. The van der Waals surface area contributed by atoms with Crippen LogP contribution in [-0.4, -0.2) is 43.7 Å². The fourth-order valence-corrected chi connectivity index (χ4v) is 7.20. The van der Waals surface area contributed by atoms with Crippen molar-refractivity contribution in [2.24, 2.45) is 0 Å². The Kier molecular flexibility index (Phi) is 7.39. The first-order valence-electron chi connectivity index (χ1n) is 14.5. The van der Waals surface area contributed by atoms with Crippen molar-refractivity contribution in [1.82, 2.24) is 19.5 Å². The summed E-state index contributed by atoms with van der Waals surface area (Å²) in [5, 5.41) is 22.2. The van der Waals surface area contributed by atoms with Gasteiger partial charge in [-0.3, -0.25) is 14.3 Å². The number of carboxylic acid groups (broad SMARTS) is 1. The lowest BCUT2D eigenvalue weighted by molar-refractivity contribution is 0.0699. The van der Waals surface area contributed by atoms with Crippen molar-refractivity contribution in [2.45, 2.75) is 26.8 Å². The molecule has 2 aromatic carbocycles. The second-order valence-electron chi connectivity index (χ2n) is 10.9. The number of benzene rings is 2. The minimum atomic E-state index is -1.05. The fourth-order valence-electron chi connectivity index (χ4n) is 6.02. The Morgan fingerprint density at radius 1 is 1.15 bits per heavy atom. The molecule has 0 unspecified atom stereocenters. The zero-order valence-corrected chi connectivity index (χ0v) is 26.3. The summed E-state index contributed by atoms with van der Waals surface area (Å²) < 4.78 is 8.46. The van der Waals surface area contributed by atoms with Crippen molar-refractivity contribution < 1.29 is 14.6 Å². The van der Waals surface area contributed by atoms with Gasteiger partial charge in [-0.15, -0.1) is 11.3 Å². The number of thiophene rings is 1. The van der Waals surface area contributed by atoms with E-state index in [1.165, 1.54) is 15.9 Å². The number of aryl methyl sites for hydroxylation is 2. The molecule has 7 rings (SSSR count). The number of nitrogens with zero attached hydrogens (tertiary/aromatic N) is 6. The minimum Gasteiger partial charge on any atom is -0.491 e. The molecule has 4 aromatic heterocycles. The van der Waals surface area contributed by atoms with Gasteiger partial charge in [0.25, 0.3) is 5.56 Å². The third-order valence-electron chi connectivity index (χ3n) is 8.11. The number of aromatic carboxylic acids is 1. The summed E-state index contributed by atoms with van der Waals surface area (Å²) in [5.74, 6) is 0.372. The van der Waals surface area contributed by atoms with E-state index in [0.717, 1.165) is 23.2 Å². The SMILES string of the molecule is Cc1cc(-c2cc(Cl)ccc2OCCn2c(C)nc3cnc(N4CCc5ccccc54)c(C#N)c3c2=O)c2scc(C(=O)O)c2n1. The molecule has 228 valence electrons. The van der Waals surface area contributed by atoms with E-state index in [1.807, 2.05) is 29.2 Å². The fraction of sp³-hybridized carbons (Fsp3) is 0.176. The predicted molar refractivity (Wildman–Crippen MR) is 178 cm³/mol. The Balaban J connectivity index is 1.23. The first kappa shape index (κ1) is 29.4. The Labute approximate surface area is 271 Å². The van der Waals surface area contributed by atoms with Crippen molar-refractivity contribution in [3.8, 4) is 22.9 Å². The zero-order valence-electron chi connectivity index (χ0n) is 24.7. The minimum absolute atomic E-state index is 0.111. The number of nitriles is 1. The monoisotopic (exact) mass is 648 g/mol. The molecule has 12 heteroatoms. The largest absolute Gasteiger partial charge is 0.491 e. The van der Waals surface area contributed by atoms with Crippen molar-refractivity contribution in [2.75, 3.05) is 18.1 Å². The van der Waals surface area contributed by atoms with Crippen LogP contribution in [0.4, 0.5) is 11.5 Å². The molecule has 46 heavy (non-hydrogen) atoms. The summed E-state index contributed by atoms with van der Waals surface area (Å²) in [6.07, 6.45) is 2.37. The number of anilines is 2. The summed E-state index contributed by atoms with van der Waals surface area (Å²) >= 11 is 7.70. The standard InChI is InChI=1S/C34H25ClN6O4S/c1-18-13-23(31-30(38-18)25(17-46-31)34(43)44)22-14-21(35)7-8-28(22)45-12-11-40-19(2)39-26-16-37-32(24(15-36)29(26)33(40)42)41-10-9-20-5-3-4-6-27(20)41/h3-8,13-14,16-17H,9-12H2,1-2H3,(H,43,44). The van der Waals surface area contributed by atoms with Gasteiger partial charge in [-0.2, -0.15) is 5.26 Å². The lowest BCUT2D eigenvalue weighted by atomic mass is 10.0. The van der Waals surface area contributed by atoms with E-state index in [0.29, 0.717) is 55.9 Å². The van der Waals surface area contributed by atoms with Gasteiger partial charge in [0.1, 0.15) is 29.8 Å². The van der Waals surface area contributed by atoms with Crippen LogP contribution >= 0.6 is 22.9 Å². The third kappa shape index (κ3) is 4.92. The normalized spacial score (nSPS) is 12.4. The van der Waals surface area contributed by atoms with Gasteiger partial charge >= 0.3 is 5.97 Å². The molecule has 0 aliphatic carbocycles. The topological polar surface area (TPSA) is 134 Å². The number of hydrogen-bond donors (Lipinski definition) is 1. The van der Waals surface area contributed by atoms with E-state index in [-0.39, 0.29) is 35.2 Å². The maximum absolute atomic E-state index is 14.0. The Bertz CT molecular complexity index is 2330. The van der Waals surface area contributed by atoms with E-state index < -0.39 is 5.97 Å². The number of rotatable bonds is 7. The van der Waals surface area contributed by atoms with Crippen LogP contribution in [0.25, 0.3) is 32.2 Å². The number of para-hydroxylation sites is 1. The van der Waals surface area contributed by atoms with Crippen molar-refractivity contribution in [3.05, 3.63) is 104 Å². The summed E-state index contributed by atoms with van der Waals surface area (Å²) in [6, 6.07) is 17.3. The van der Waals surface area contributed by atoms with Crippen LogP contribution in [0.1, 0.15) is 33.0 Å². The van der Waals surface area contributed by atoms with Gasteiger partial charge in [0, 0.05) is 39.5 Å². The van der Waals surface area contributed by atoms with E-state index in [1.54, 1.807) is 43.6 Å². The smallest absolute Gasteiger partial charge is 0.338 e. The van der Waals surface area contributed by atoms with Gasteiger partial charge in [0.05, 0.1) is 39.4 Å². The van der Waals surface area contributed by atoms with E-state index in [9.17, 15) is 20.0 Å². The van der Waals surface area contributed by atoms with Gasteiger partial charge in [0.15, 0.2) is 5.82 Å². The summed E-state index contributed by atoms with van der Waals surface area (Å²) in [7, 11) is 0. The van der Waals surface area contributed by atoms with E-state index >= 15 is 0 Å². The molecule has 5 heterocycles. The number of ether oxygens (including phenoxy) is 1. The molecule has 0 saturated heterocycles. The van der Waals surface area contributed by atoms with E-state index in [4.69, 9.17) is 16.3 Å². The molecule has 0 saturated carbocycles. The Morgan fingerprint density at radius 3 is 2.78 bits per heavy atom. The Hall–Kier alpha value is -5.31. The number of halogens is 1. The number of pyridine rings is 2. The maximum atomic E-state index is 14.0. The number of aromatic nitrogens is 4. The highest BCUT2D eigenvalue weighted by Gasteiger charge is 2.26. The molecular weight excluding hydrogens is 624 g/mol. The molecular formula is C34H25ClN6O4S. The molecule has 0 amide bonds. The highest BCUT2D eigenvalue weighted by molar-refractivity contribution is 7.18. The molecule has 0 fully saturated rings. The molecule has 1 N–H and O–H groups in total. The third-order valence-corrected chi connectivity index (χ3v) is 9.35. The van der Waals surface area contributed by atoms with Crippen LogP contribution in [0.5, 0.6) is 5.75 Å². The molecule has 10 nitrogen and oxygen atoms in total. The van der Waals surface area contributed by atoms with Crippen LogP contribution in [0.3, 0.4) is 0 Å². The number of hydrogen-bond acceptors (Lipinski definition) is 9. The highest BCUT2D eigenvalue weighted by Crippen LogP contribution is 2.40. The maximum Gasteiger partial charge on any atom is 0.338 e. The lowest BCUT2D eigenvalue weighted by Gasteiger charge is -2.20. The number of carbonyl (C=O) groups is 1. The Morgan fingerprint density at radius 2 is 1.98 bits per heavy atom. The molecule has 6 aromatic rings. The van der Waals surface area contributed by atoms with Crippen LogP contribution in [0.15, 0.2) is 64.9 Å². The van der Waals surface area contributed by atoms with Crippen LogP contribution in [-0.2, 0) is 13.0 Å². The van der Waals surface area contributed by atoms with Crippen molar-refractivity contribution in [3.63, 3.8) is 0 Å². The van der Waals surface area contributed by atoms with Crippen LogP contribution < -0.4 is 15.2 Å². The second kappa shape index (κ2) is 11.6. The summed E-state index contributed by atoms with van der Waals surface area (Å²) in [6.45, 7) is 4.47. The van der Waals surface area contributed by atoms with Crippen LogP contribution in [0, 0.1) is 25.2 Å². The molecule has 0 spiro atoms. The second-order valence-corrected chi connectivity index (χ2v) is 12.2. The zero-order chi connectivity index (χ0) is 32.1. The summed E-state index contributed by atoms with van der Waals surface area (Å²) in [5.41, 5.74) is 4.96. The van der Waals surface area contributed by atoms with Crippen molar-refractivity contribution >= 4 is 61.5 Å². The molecule has 1 aliphatic heterocycles. The van der Waals surface area contributed by atoms with Crippen molar-refractivity contribution in [1.29, 1.82) is 5.26 Å². The highest BCUT2D eigenvalue weighted by atomic mass is 35.5. The number of carboxylic acids is 1. The van der Waals surface area contributed by atoms with Gasteiger partial charge in [-0.05, 0) is 56.2 Å². The molecule has 0 atom stereocenters. The molecule has 1 aliphatic rings. The average molecular weight is 649 g/mol. The van der Waals surface area contributed by atoms with Gasteiger partial charge < -0.3 is 14.7 Å². The first-order valence-corrected chi connectivity index (χ1v) is 15.7. The average Bonchev–Trinajstić information content (AvgIpc) is 3.67. The molecule has 0 bridgehead atoms. The van der Waals surface area contributed by atoms with Gasteiger partial charge in [-0.1, -0.05) is 29.8 Å². The molecule has 0 radical (unpaired) electrons. The van der Waals surface area contributed by atoms with Gasteiger partial charge in [-0.25, -0.2) is 14.8 Å². The van der Waals surface area contributed by atoms with Gasteiger partial charge in [0.2, 0.25) is 0 Å². The predicted octanol–water partition coefficient (Wildman–Crippen LogP) is 6.68. The first-order chi connectivity index (χ1) is 22.2. The van der Waals surface area contributed by atoms with Crippen LogP contribution in [0.2, 0.25) is 5.02 Å². The number of fused-ring (bicyclic) bond motifs is 3. The quantitative estimate of drug-likeness (QED) is 0.201. The lowest BCUT2D eigenvalue weighted by Crippen LogP contribution is -2.28. The van der Waals surface area contributed by atoms with E-state index in [2.05, 4.69) is 27.1 Å².